The van der Waals surface area contributed by atoms with Gasteiger partial charge < -0.3 is 31.1 Å². The highest BCUT2D eigenvalue weighted by atomic mass is 16.4. The number of rotatable bonds is 8. The first-order chi connectivity index (χ1) is 15.0. The van der Waals surface area contributed by atoms with Crippen LogP contribution in [-0.2, 0) is 18.4 Å². The Balaban J connectivity index is 1.60. The van der Waals surface area contributed by atoms with Crippen LogP contribution in [0.3, 0.4) is 0 Å². The van der Waals surface area contributed by atoms with Crippen LogP contribution in [0.2, 0.25) is 0 Å². The van der Waals surface area contributed by atoms with Gasteiger partial charge in [0.2, 0.25) is 11.8 Å². The number of fused-ring (bicyclic) bond motifs is 3. The standard InChI is InChI=1S/C21H26N8O2/c1-24-18-15-17(29(2)11-26-15)16-21(28-18)31-20(27-16)13-6-3-5-12(9-13)10-25-19(30)14(23)7-4-8-22/h3,5-6,9,11,14H,4,7-8,10,22-23H2,1-2H3,(H,24,28)(H,25,30)/t14-/m1/s1. The second-order valence-electron chi connectivity index (χ2n) is 7.39. The van der Waals surface area contributed by atoms with Crippen LogP contribution in [0.15, 0.2) is 35.0 Å². The Morgan fingerprint density at radius 2 is 2.13 bits per heavy atom. The van der Waals surface area contributed by atoms with Gasteiger partial charge in [-0.05, 0) is 37.1 Å². The van der Waals surface area contributed by atoms with Gasteiger partial charge in [-0.2, -0.15) is 4.98 Å². The normalized spacial score (nSPS) is 12.4. The summed E-state index contributed by atoms with van der Waals surface area (Å²) in [5.74, 6) is 0.891. The van der Waals surface area contributed by atoms with Gasteiger partial charge in [-0.15, -0.1) is 0 Å². The Hall–Kier alpha value is -3.50. The summed E-state index contributed by atoms with van der Waals surface area (Å²) in [7, 11) is 3.70. The van der Waals surface area contributed by atoms with Crippen molar-refractivity contribution >= 4 is 34.0 Å². The second-order valence-corrected chi connectivity index (χ2v) is 7.39. The largest absolute Gasteiger partial charge is 0.418 e. The number of nitrogens with two attached hydrogens (primary N) is 2. The number of aryl methyl sites for hydroxylation is 1. The number of amides is 1. The average Bonchev–Trinajstić information content (AvgIpc) is 3.38. The van der Waals surface area contributed by atoms with E-state index < -0.39 is 6.04 Å². The van der Waals surface area contributed by atoms with Crippen LogP contribution in [0.4, 0.5) is 5.82 Å². The van der Waals surface area contributed by atoms with Gasteiger partial charge >= 0.3 is 0 Å². The van der Waals surface area contributed by atoms with Gasteiger partial charge in [-0.3, -0.25) is 4.79 Å². The van der Waals surface area contributed by atoms with Crippen LogP contribution in [-0.4, -0.2) is 45.1 Å². The Morgan fingerprint density at radius 1 is 1.29 bits per heavy atom. The number of pyridine rings is 1. The van der Waals surface area contributed by atoms with Crippen LogP contribution in [0.25, 0.3) is 33.7 Å². The first kappa shape index (κ1) is 20.8. The number of hydrogen-bond donors (Lipinski definition) is 4. The molecule has 3 heterocycles. The maximum Gasteiger partial charge on any atom is 0.251 e. The Labute approximate surface area is 179 Å². The topological polar surface area (TPSA) is 150 Å². The summed E-state index contributed by atoms with van der Waals surface area (Å²) in [6.07, 6.45) is 3.01. The first-order valence-corrected chi connectivity index (χ1v) is 10.1. The van der Waals surface area contributed by atoms with Crippen LogP contribution in [0, 0.1) is 0 Å². The molecule has 31 heavy (non-hydrogen) atoms. The van der Waals surface area contributed by atoms with Crippen LogP contribution in [0.5, 0.6) is 0 Å². The molecule has 0 aliphatic carbocycles. The third-order valence-electron chi connectivity index (χ3n) is 5.14. The SMILES string of the molecule is CNc1nc2oc(-c3cccc(CNC(=O)[C@H](N)CCCN)c3)nc2c2c1ncn2C. The lowest BCUT2D eigenvalue weighted by Crippen LogP contribution is -2.40. The number of benzene rings is 1. The minimum absolute atomic E-state index is 0.192. The van der Waals surface area contributed by atoms with Gasteiger partial charge in [0.25, 0.3) is 5.71 Å². The molecule has 4 rings (SSSR count). The van der Waals surface area contributed by atoms with Crippen molar-refractivity contribution in [2.75, 3.05) is 18.9 Å². The summed E-state index contributed by atoms with van der Waals surface area (Å²) < 4.78 is 7.86. The highest BCUT2D eigenvalue weighted by Gasteiger charge is 2.19. The van der Waals surface area contributed by atoms with E-state index in [1.807, 2.05) is 35.9 Å². The molecule has 0 spiro atoms. The van der Waals surface area contributed by atoms with E-state index in [0.717, 1.165) is 28.6 Å². The molecule has 10 heteroatoms. The molecule has 1 atom stereocenters. The zero-order valence-corrected chi connectivity index (χ0v) is 17.6. The predicted molar refractivity (Wildman–Crippen MR) is 119 cm³/mol. The summed E-state index contributed by atoms with van der Waals surface area (Å²) >= 11 is 0. The van der Waals surface area contributed by atoms with Crippen molar-refractivity contribution in [2.24, 2.45) is 18.5 Å². The van der Waals surface area contributed by atoms with E-state index in [0.29, 0.717) is 42.4 Å². The molecule has 0 aliphatic rings. The smallest absolute Gasteiger partial charge is 0.251 e. The number of anilines is 1. The fraction of sp³-hybridized carbons (Fsp3) is 0.333. The zero-order valence-electron chi connectivity index (χ0n) is 17.6. The lowest BCUT2D eigenvalue weighted by Gasteiger charge is -2.12. The molecule has 4 aromatic rings. The first-order valence-electron chi connectivity index (χ1n) is 10.1. The molecule has 10 nitrogen and oxygen atoms in total. The quantitative estimate of drug-likeness (QED) is 0.334. The van der Waals surface area contributed by atoms with E-state index >= 15 is 0 Å². The van der Waals surface area contributed by atoms with Crippen molar-refractivity contribution < 1.29 is 9.21 Å². The number of oxazole rings is 1. The Morgan fingerprint density at radius 3 is 2.90 bits per heavy atom. The minimum atomic E-state index is -0.558. The Kier molecular flexibility index (Phi) is 5.83. The van der Waals surface area contributed by atoms with Gasteiger partial charge in [-0.25, -0.2) is 9.97 Å². The maximum absolute atomic E-state index is 12.2. The van der Waals surface area contributed by atoms with Crippen molar-refractivity contribution in [3.8, 4) is 11.5 Å². The number of carbonyl (C=O) groups is 1. The molecule has 3 aromatic heterocycles. The molecule has 0 bridgehead atoms. The molecular formula is C21H26N8O2. The molecule has 1 aromatic carbocycles. The fourth-order valence-electron chi connectivity index (χ4n) is 3.48. The number of imidazole rings is 1. The molecule has 0 fully saturated rings. The highest BCUT2D eigenvalue weighted by Crippen LogP contribution is 2.31. The van der Waals surface area contributed by atoms with E-state index in [4.69, 9.17) is 15.9 Å². The summed E-state index contributed by atoms with van der Waals surface area (Å²) in [4.78, 5) is 25.8. The summed E-state index contributed by atoms with van der Waals surface area (Å²) in [6, 6.07) is 7.09. The van der Waals surface area contributed by atoms with E-state index in [-0.39, 0.29) is 5.91 Å². The minimum Gasteiger partial charge on any atom is -0.418 e. The fourth-order valence-corrected chi connectivity index (χ4v) is 3.48. The van der Waals surface area contributed by atoms with Crippen molar-refractivity contribution in [2.45, 2.75) is 25.4 Å². The second kappa shape index (κ2) is 8.70. The molecule has 0 unspecified atom stereocenters. The molecule has 1 amide bonds. The van der Waals surface area contributed by atoms with Gasteiger partial charge in [0.15, 0.2) is 11.3 Å². The van der Waals surface area contributed by atoms with Crippen molar-refractivity contribution in [1.29, 1.82) is 0 Å². The molecule has 6 N–H and O–H groups in total. The van der Waals surface area contributed by atoms with Crippen molar-refractivity contribution in [3.63, 3.8) is 0 Å². The molecule has 0 aliphatic heterocycles. The van der Waals surface area contributed by atoms with Gasteiger partial charge in [0.05, 0.1) is 12.4 Å². The van der Waals surface area contributed by atoms with Crippen LogP contribution >= 0.6 is 0 Å². The Bertz CT molecular complexity index is 1230. The monoisotopic (exact) mass is 422 g/mol. The third kappa shape index (κ3) is 4.07. The molecule has 0 saturated carbocycles. The van der Waals surface area contributed by atoms with E-state index in [1.54, 1.807) is 13.4 Å². The lowest BCUT2D eigenvalue weighted by molar-refractivity contribution is -0.122. The number of carbonyl (C=O) groups excluding carboxylic acids is 1. The van der Waals surface area contributed by atoms with Gasteiger partial charge in [0.1, 0.15) is 11.0 Å². The summed E-state index contributed by atoms with van der Waals surface area (Å²) in [5, 5.41) is 5.92. The lowest BCUT2D eigenvalue weighted by atomic mass is 10.1. The van der Waals surface area contributed by atoms with E-state index in [1.165, 1.54) is 0 Å². The van der Waals surface area contributed by atoms with Gasteiger partial charge in [0, 0.05) is 26.2 Å². The van der Waals surface area contributed by atoms with Crippen molar-refractivity contribution in [3.05, 3.63) is 36.2 Å². The molecular weight excluding hydrogens is 396 g/mol. The predicted octanol–water partition coefficient (Wildman–Crippen LogP) is 1.50. The number of nitrogens with one attached hydrogen (secondary N) is 2. The van der Waals surface area contributed by atoms with Gasteiger partial charge in [-0.1, -0.05) is 12.1 Å². The summed E-state index contributed by atoms with van der Waals surface area (Å²) in [5.41, 5.74) is 15.7. The summed E-state index contributed by atoms with van der Waals surface area (Å²) in [6.45, 7) is 0.876. The zero-order chi connectivity index (χ0) is 22.0. The number of hydrogen-bond acceptors (Lipinski definition) is 8. The van der Waals surface area contributed by atoms with Crippen LogP contribution in [0.1, 0.15) is 18.4 Å². The van der Waals surface area contributed by atoms with E-state index in [2.05, 4.69) is 25.6 Å². The number of aromatic nitrogens is 4. The molecule has 0 saturated heterocycles. The molecule has 0 radical (unpaired) electrons. The highest BCUT2D eigenvalue weighted by molar-refractivity contribution is 6.03. The van der Waals surface area contributed by atoms with Crippen LogP contribution < -0.4 is 22.1 Å². The average molecular weight is 422 g/mol. The van der Waals surface area contributed by atoms with Crippen molar-refractivity contribution in [1.82, 2.24) is 24.8 Å². The third-order valence-corrected chi connectivity index (χ3v) is 5.14. The van der Waals surface area contributed by atoms with E-state index in [9.17, 15) is 4.79 Å². The molecule has 162 valence electrons. The maximum atomic E-state index is 12.2. The number of nitrogens with zero attached hydrogens (tertiary/aromatic N) is 4.